The van der Waals surface area contributed by atoms with Gasteiger partial charge < -0.3 is 10.1 Å². The number of ether oxygens (including phenoxy) is 1. The van der Waals surface area contributed by atoms with E-state index in [1.165, 1.54) is 28.7 Å². The molecule has 0 spiro atoms. The van der Waals surface area contributed by atoms with Crippen LogP contribution in [0.5, 0.6) is 0 Å². The van der Waals surface area contributed by atoms with Crippen LogP contribution in [0.4, 0.5) is 5.69 Å². The highest BCUT2D eigenvalue weighted by molar-refractivity contribution is 7.14. The maximum absolute atomic E-state index is 12.2. The molecule has 2 aromatic rings. The lowest BCUT2D eigenvalue weighted by atomic mass is 10.2. The SMILES string of the molecule is CC(OC(=O)c1cc2c(s1)CCC2)C(=O)Nc1cccc(Cl)c1Cl. The van der Waals surface area contributed by atoms with Gasteiger partial charge in [-0.2, -0.15) is 0 Å². The van der Waals surface area contributed by atoms with Crippen LogP contribution in [0, 0.1) is 0 Å². The van der Waals surface area contributed by atoms with E-state index >= 15 is 0 Å². The van der Waals surface area contributed by atoms with Crippen molar-refractivity contribution in [3.63, 3.8) is 0 Å². The van der Waals surface area contributed by atoms with E-state index in [1.807, 2.05) is 6.07 Å². The number of esters is 1. The van der Waals surface area contributed by atoms with Gasteiger partial charge in [0.1, 0.15) is 4.88 Å². The molecule has 1 aliphatic rings. The molecule has 126 valence electrons. The van der Waals surface area contributed by atoms with Gasteiger partial charge in [-0.3, -0.25) is 4.79 Å². The van der Waals surface area contributed by atoms with Gasteiger partial charge in [-0.25, -0.2) is 4.79 Å². The third-order valence-corrected chi connectivity index (χ3v) is 5.85. The van der Waals surface area contributed by atoms with Crippen LogP contribution in [0.25, 0.3) is 0 Å². The first-order valence-electron chi connectivity index (χ1n) is 7.53. The molecule has 3 rings (SSSR count). The number of carbonyl (C=O) groups is 2. The molecule has 1 aromatic heterocycles. The van der Waals surface area contributed by atoms with Gasteiger partial charge in [0.05, 0.1) is 15.7 Å². The summed E-state index contributed by atoms with van der Waals surface area (Å²) in [7, 11) is 0. The third-order valence-electron chi connectivity index (χ3n) is 3.81. The Morgan fingerprint density at radius 3 is 2.83 bits per heavy atom. The summed E-state index contributed by atoms with van der Waals surface area (Å²) in [4.78, 5) is 26.2. The maximum atomic E-state index is 12.2. The smallest absolute Gasteiger partial charge is 0.349 e. The average molecular weight is 384 g/mol. The summed E-state index contributed by atoms with van der Waals surface area (Å²) in [5.74, 6) is -0.939. The molecule has 0 saturated carbocycles. The van der Waals surface area contributed by atoms with E-state index in [9.17, 15) is 9.59 Å². The lowest BCUT2D eigenvalue weighted by Crippen LogP contribution is -2.29. The van der Waals surface area contributed by atoms with Crippen LogP contribution >= 0.6 is 34.5 Å². The minimum Gasteiger partial charge on any atom is -0.448 e. The molecule has 1 atom stereocenters. The lowest BCUT2D eigenvalue weighted by molar-refractivity contribution is -0.123. The number of nitrogens with one attached hydrogen (secondary N) is 1. The van der Waals surface area contributed by atoms with Crippen molar-refractivity contribution in [3.8, 4) is 0 Å². The molecule has 7 heteroatoms. The molecular formula is C17H15Cl2NO3S. The number of anilines is 1. The number of hydrogen-bond acceptors (Lipinski definition) is 4. The van der Waals surface area contributed by atoms with Crippen molar-refractivity contribution < 1.29 is 14.3 Å². The van der Waals surface area contributed by atoms with Gasteiger partial charge in [0.25, 0.3) is 5.91 Å². The quantitative estimate of drug-likeness (QED) is 0.776. The predicted octanol–water partition coefficient (Wildman–Crippen LogP) is 4.73. The number of rotatable bonds is 4. The van der Waals surface area contributed by atoms with Crippen molar-refractivity contribution in [2.75, 3.05) is 5.32 Å². The Labute approximate surface area is 153 Å². The second-order valence-corrected chi connectivity index (χ2v) is 7.47. The van der Waals surface area contributed by atoms with E-state index in [0.717, 1.165) is 19.3 Å². The third kappa shape index (κ3) is 3.58. The molecule has 1 N–H and O–H groups in total. The summed E-state index contributed by atoms with van der Waals surface area (Å²) in [6, 6.07) is 6.80. The van der Waals surface area contributed by atoms with E-state index in [0.29, 0.717) is 15.6 Å². The fraction of sp³-hybridized carbons (Fsp3) is 0.294. The van der Waals surface area contributed by atoms with Gasteiger partial charge in [0.15, 0.2) is 6.10 Å². The summed E-state index contributed by atoms with van der Waals surface area (Å²) >= 11 is 13.4. The lowest BCUT2D eigenvalue weighted by Gasteiger charge is -2.14. The Kier molecular flexibility index (Phi) is 5.13. The van der Waals surface area contributed by atoms with Crippen LogP contribution in [0.3, 0.4) is 0 Å². The van der Waals surface area contributed by atoms with Gasteiger partial charge in [-0.05, 0) is 49.9 Å². The van der Waals surface area contributed by atoms with E-state index in [2.05, 4.69) is 5.32 Å². The predicted molar refractivity (Wildman–Crippen MR) is 96.3 cm³/mol. The minimum atomic E-state index is -0.940. The normalized spacial score (nSPS) is 14.1. The number of halogens is 2. The second-order valence-electron chi connectivity index (χ2n) is 5.55. The first-order valence-corrected chi connectivity index (χ1v) is 9.10. The number of aryl methyl sites for hydroxylation is 2. The number of thiophene rings is 1. The Balaban J connectivity index is 1.63. The van der Waals surface area contributed by atoms with Gasteiger partial charge in [0.2, 0.25) is 0 Å². The molecule has 0 saturated heterocycles. The molecule has 0 radical (unpaired) electrons. The van der Waals surface area contributed by atoms with Gasteiger partial charge in [-0.15, -0.1) is 11.3 Å². The van der Waals surface area contributed by atoms with Crippen molar-refractivity contribution in [3.05, 3.63) is 49.6 Å². The van der Waals surface area contributed by atoms with E-state index < -0.39 is 18.0 Å². The second kappa shape index (κ2) is 7.13. The average Bonchev–Trinajstić information content (AvgIpc) is 3.13. The molecule has 1 aliphatic carbocycles. The van der Waals surface area contributed by atoms with E-state index in [4.69, 9.17) is 27.9 Å². The fourth-order valence-corrected chi connectivity index (χ4v) is 4.02. The molecule has 0 bridgehead atoms. The largest absolute Gasteiger partial charge is 0.448 e. The molecule has 24 heavy (non-hydrogen) atoms. The number of fused-ring (bicyclic) bond motifs is 1. The highest BCUT2D eigenvalue weighted by Crippen LogP contribution is 2.31. The molecule has 1 amide bonds. The van der Waals surface area contributed by atoms with Gasteiger partial charge in [-0.1, -0.05) is 29.3 Å². The van der Waals surface area contributed by atoms with Crippen molar-refractivity contribution in [2.45, 2.75) is 32.3 Å². The Bertz CT molecular complexity index is 782. The minimum absolute atomic E-state index is 0.251. The summed E-state index contributed by atoms with van der Waals surface area (Å²) < 4.78 is 5.26. The first-order chi connectivity index (χ1) is 11.5. The summed E-state index contributed by atoms with van der Waals surface area (Å²) in [6.45, 7) is 1.52. The van der Waals surface area contributed by atoms with Gasteiger partial charge >= 0.3 is 5.97 Å². The van der Waals surface area contributed by atoms with Crippen molar-refractivity contribution in [2.24, 2.45) is 0 Å². The summed E-state index contributed by atoms with van der Waals surface area (Å²) in [5.41, 5.74) is 1.60. The number of carbonyl (C=O) groups excluding carboxylic acids is 2. The standard InChI is InChI=1S/C17H15Cl2NO3S/c1-9(16(21)20-12-6-3-5-11(18)15(12)19)23-17(22)14-8-10-4-2-7-13(10)24-14/h3,5-6,8-9H,2,4,7H2,1H3,(H,20,21). The first kappa shape index (κ1) is 17.3. The Morgan fingerprint density at radius 2 is 2.08 bits per heavy atom. The molecule has 1 aromatic carbocycles. The Hall–Kier alpha value is -1.56. The molecule has 1 unspecified atom stereocenters. The van der Waals surface area contributed by atoms with Crippen LogP contribution in [0.2, 0.25) is 10.0 Å². The zero-order chi connectivity index (χ0) is 17.3. The van der Waals surface area contributed by atoms with Crippen LogP contribution in [-0.4, -0.2) is 18.0 Å². The van der Waals surface area contributed by atoms with Crippen molar-refractivity contribution >= 4 is 52.1 Å². The van der Waals surface area contributed by atoms with E-state index in [1.54, 1.807) is 18.2 Å². The maximum Gasteiger partial charge on any atom is 0.349 e. The monoisotopic (exact) mass is 383 g/mol. The Morgan fingerprint density at radius 1 is 1.29 bits per heavy atom. The number of amides is 1. The zero-order valence-corrected chi connectivity index (χ0v) is 15.2. The highest BCUT2D eigenvalue weighted by Gasteiger charge is 2.23. The number of hydrogen-bond donors (Lipinski definition) is 1. The van der Waals surface area contributed by atoms with Crippen LogP contribution in [0.15, 0.2) is 24.3 Å². The van der Waals surface area contributed by atoms with Crippen LogP contribution in [0.1, 0.15) is 33.5 Å². The van der Waals surface area contributed by atoms with E-state index in [-0.39, 0.29) is 5.02 Å². The summed E-state index contributed by atoms with van der Waals surface area (Å²) in [5, 5.41) is 3.21. The topological polar surface area (TPSA) is 55.4 Å². The summed E-state index contributed by atoms with van der Waals surface area (Å²) in [6.07, 6.45) is 2.21. The van der Waals surface area contributed by atoms with Gasteiger partial charge in [0, 0.05) is 4.88 Å². The van der Waals surface area contributed by atoms with Crippen LogP contribution < -0.4 is 5.32 Å². The van der Waals surface area contributed by atoms with Crippen molar-refractivity contribution in [1.82, 2.24) is 0 Å². The molecule has 1 heterocycles. The zero-order valence-electron chi connectivity index (χ0n) is 12.9. The molecule has 4 nitrogen and oxygen atoms in total. The molecule has 0 aliphatic heterocycles. The number of benzene rings is 1. The molecular weight excluding hydrogens is 369 g/mol. The fourth-order valence-electron chi connectivity index (χ4n) is 2.54. The van der Waals surface area contributed by atoms with Crippen LogP contribution in [-0.2, 0) is 22.4 Å². The van der Waals surface area contributed by atoms with Crippen molar-refractivity contribution in [1.29, 1.82) is 0 Å². The highest BCUT2D eigenvalue weighted by atomic mass is 35.5. The molecule has 0 fully saturated rings.